The van der Waals surface area contributed by atoms with Crippen molar-refractivity contribution in [3.63, 3.8) is 0 Å². The van der Waals surface area contributed by atoms with Crippen LogP contribution in [0, 0.1) is 0 Å². The Labute approximate surface area is 125 Å². The molecule has 3 nitrogen and oxygen atoms in total. The van der Waals surface area contributed by atoms with Gasteiger partial charge in [-0.2, -0.15) is 8.78 Å². The molecule has 2 unspecified atom stereocenters. The zero-order valence-corrected chi connectivity index (χ0v) is 12.7. The number of halogens is 2. The SMILES string of the molecule is CC(c1ccc(OC(F)F)cc1)N(C)C1CCCNCC1. The van der Waals surface area contributed by atoms with Crippen molar-refractivity contribution in [2.75, 3.05) is 20.1 Å². The first-order valence-corrected chi connectivity index (χ1v) is 7.55. The van der Waals surface area contributed by atoms with Crippen LogP contribution in [0.4, 0.5) is 8.78 Å². The molecule has 0 aliphatic carbocycles. The molecule has 0 radical (unpaired) electrons. The van der Waals surface area contributed by atoms with Crippen LogP contribution in [0.2, 0.25) is 0 Å². The number of rotatable bonds is 5. The fourth-order valence-electron chi connectivity index (χ4n) is 2.89. The third-order valence-corrected chi connectivity index (χ3v) is 4.32. The molecule has 0 amide bonds. The van der Waals surface area contributed by atoms with Crippen LogP contribution in [0.1, 0.15) is 37.8 Å². The maximum Gasteiger partial charge on any atom is 0.387 e. The van der Waals surface area contributed by atoms with E-state index in [1.165, 1.54) is 12.8 Å². The van der Waals surface area contributed by atoms with E-state index in [2.05, 4.69) is 28.9 Å². The molecule has 0 bridgehead atoms. The predicted octanol–water partition coefficient (Wildman–Crippen LogP) is 3.42. The molecule has 1 heterocycles. The molecule has 1 aromatic carbocycles. The summed E-state index contributed by atoms with van der Waals surface area (Å²) in [6, 6.07) is 7.78. The molecular weight excluding hydrogens is 274 g/mol. The van der Waals surface area contributed by atoms with Crippen molar-refractivity contribution >= 4 is 0 Å². The quantitative estimate of drug-likeness (QED) is 0.901. The second kappa shape index (κ2) is 7.71. The van der Waals surface area contributed by atoms with Crippen LogP contribution in [0.5, 0.6) is 5.75 Å². The first-order chi connectivity index (χ1) is 10.1. The molecule has 118 valence electrons. The molecule has 0 spiro atoms. The predicted molar refractivity (Wildman–Crippen MR) is 79.8 cm³/mol. The van der Waals surface area contributed by atoms with Crippen molar-refractivity contribution in [1.29, 1.82) is 0 Å². The molecule has 1 N–H and O–H groups in total. The van der Waals surface area contributed by atoms with E-state index in [4.69, 9.17) is 0 Å². The standard InChI is InChI=1S/C16H24F2N2O/c1-12(20(2)14-4-3-10-19-11-9-14)13-5-7-15(8-6-13)21-16(17)18/h5-8,12,14,16,19H,3-4,9-11H2,1-2H3. The lowest BCUT2D eigenvalue weighted by Gasteiger charge is -2.33. The van der Waals surface area contributed by atoms with Gasteiger partial charge in [0.2, 0.25) is 0 Å². The van der Waals surface area contributed by atoms with Gasteiger partial charge in [0.1, 0.15) is 5.75 Å². The summed E-state index contributed by atoms with van der Waals surface area (Å²) in [6.07, 6.45) is 3.54. The lowest BCUT2D eigenvalue weighted by Crippen LogP contribution is -2.34. The molecule has 2 rings (SSSR count). The Balaban J connectivity index is 1.99. The van der Waals surface area contributed by atoms with E-state index in [1.807, 2.05) is 12.1 Å². The zero-order valence-electron chi connectivity index (χ0n) is 12.7. The largest absolute Gasteiger partial charge is 0.435 e. The van der Waals surface area contributed by atoms with Crippen LogP contribution in [-0.4, -0.2) is 37.7 Å². The molecule has 0 saturated carbocycles. The van der Waals surface area contributed by atoms with Gasteiger partial charge in [-0.05, 0) is 64.0 Å². The molecule has 1 aliphatic rings. The van der Waals surface area contributed by atoms with Crippen molar-refractivity contribution in [2.45, 2.75) is 44.9 Å². The zero-order chi connectivity index (χ0) is 15.2. The fraction of sp³-hybridized carbons (Fsp3) is 0.625. The summed E-state index contributed by atoms with van der Waals surface area (Å²) in [7, 11) is 2.14. The summed E-state index contributed by atoms with van der Waals surface area (Å²) in [6.45, 7) is 1.54. The van der Waals surface area contributed by atoms with Gasteiger partial charge in [0.15, 0.2) is 0 Å². The summed E-state index contributed by atoms with van der Waals surface area (Å²) in [5.41, 5.74) is 1.12. The molecule has 0 aromatic heterocycles. The van der Waals surface area contributed by atoms with Crippen LogP contribution in [-0.2, 0) is 0 Å². The third-order valence-electron chi connectivity index (χ3n) is 4.32. The van der Waals surface area contributed by atoms with Crippen LogP contribution in [0.25, 0.3) is 0 Å². The average molecular weight is 298 g/mol. The third kappa shape index (κ3) is 4.64. The number of benzene rings is 1. The lowest BCUT2D eigenvalue weighted by atomic mass is 10.0. The van der Waals surface area contributed by atoms with Crippen LogP contribution in [0.3, 0.4) is 0 Å². The van der Waals surface area contributed by atoms with Crippen LogP contribution < -0.4 is 10.1 Å². The highest BCUT2D eigenvalue weighted by atomic mass is 19.3. The first kappa shape index (κ1) is 16.2. The summed E-state index contributed by atoms with van der Waals surface area (Å²) < 4.78 is 28.7. The molecule has 5 heteroatoms. The second-order valence-electron chi connectivity index (χ2n) is 5.62. The van der Waals surface area contributed by atoms with Gasteiger partial charge in [0, 0.05) is 12.1 Å². The molecule has 2 atom stereocenters. The summed E-state index contributed by atoms with van der Waals surface area (Å²) in [4.78, 5) is 2.38. The highest BCUT2D eigenvalue weighted by Crippen LogP contribution is 2.26. The van der Waals surface area contributed by atoms with Gasteiger partial charge in [-0.15, -0.1) is 0 Å². The number of hydrogen-bond donors (Lipinski definition) is 1. The minimum absolute atomic E-state index is 0.210. The molecule has 1 saturated heterocycles. The van der Waals surface area contributed by atoms with Gasteiger partial charge < -0.3 is 10.1 Å². The number of ether oxygens (including phenoxy) is 1. The maximum absolute atomic E-state index is 12.2. The van der Waals surface area contributed by atoms with Crippen molar-refractivity contribution in [3.05, 3.63) is 29.8 Å². The van der Waals surface area contributed by atoms with Gasteiger partial charge in [-0.3, -0.25) is 4.90 Å². The van der Waals surface area contributed by atoms with Gasteiger partial charge in [0.25, 0.3) is 0 Å². The van der Waals surface area contributed by atoms with Gasteiger partial charge in [0.05, 0.1) is 0 Å². The van der Waals surface area contributed by atoms with Crippen molar-refractivity contribution in [3.8, 4) is 5.75 Å². The molecular formula is C16H24F2N2O. The lowest BCUT2D eigenvalue weighted by molar-refractivity contribution is -0.0498. The summed E-state index contributed by atoms with van der Waals surface area (Å²) in [5, 5.41) is 3.42. The normalized spacial score (nSPS) is 21.3. The first-order valence-electron chi connectivity index (χ1n) is 7.55. The number of nitrogens with one attached hydrogen (secondary N) is 1. The van der Waals surface area contributed by atoms with E-state index < -0.39 is 6.61 Å². The second-order valence-corrected chi connectivity index (χ2v) is 5.62. The molecule has 1 aliphatic heterocycles. The fourth-order valence-corrected chi connectivity index (χ4v) is 2.89. The summed E-state index contributed by atoms with van der Waals surface area (Å²) in [5.74, 6) is 0.210. The Morgan fingerprint density at radius 2 is 1.90 bits per heavy atom. The van der Waals surface area contributed by atoms with E-state index in [-0.39, 0.29) is 11.8 Å². The van der Waals surface area contributed by atoms with E-state index in [9.17, 15) is 8.78 Å². The molecule has 1 fully saturated rings. The topological polar surface area (TPSA) is 24.5 Å². The summed E-state index contributed by atoms with van der Waals surface area (Å²) >= 11 is 0. The molecule has 1 aromatic rings. The van der Waals surface area contributed by atoms with Crippen LogP contribution in [0.15, 0.2) is 24.3 Å². The van der Waals surface area contributed by atoms with E-state index in [1.54, 1.807) is 12.1 Å². The average Bonchev–Trinajstić information content (AvgIpc) is 2.75. The van der Waals surface area contributed by atoms with Gasteiger partial charge >= 0.3 is 6.61 Å². The van der Waals surface area contributed by atoms with Crippen molar-refractivity contribution in [2.24, 2.45) is 0 Å². The monoisotopic (exact) mass is 298 g/mol. The Hall–Kier alpha value is -1.20. The van der Waals surface area contributed by atoms with Crippen molar-refractivity contribution < 1.29 is 13.5 Å². The van der Waals surface area contributed by atoms with E-state index in [0.717, 1.165) is 25.1 Å². The Morgan fingerprint density at radius 3 is 2.57 bits per heavy atom. The van der Waals surface area contributed by atoms with Gasteiger partial charge in [-0.25, -0.2) is 0 Å². The highest BCUT2D eigenvalue weighted by Gasteiger charge is 2.22. The van der Waals surface area contributed by atoms with E-state index in [0.29, 0.717) is 6.04 Å². The number of hydrogen-bond acceptors (Lipinski definition) is 3. The Morgan fingerprint density at radius 1 is 1.19 bits per heavy atom. The smallest absolute Gasteiger partial charge is 0.387 e. The Kier molecular flexibility index (Phi) is 5.94. The molecule has 21 heavy (non-hydrogen) atoms. The maximum atomic E-state index is 12.2. The number of nitrogens with zero attached hydrogens (tertiary/aromatic N) is 1. The van der Waals surface area contributed by atoms with E-state index >= 15 is 0 Å². The number of alkyl halides is 2. The van der Waals surface area contributed by atoms with Crippen molar-refractivity contribution in [1.82, 2.24) is 10.2 Å². The minimum atomic E-state index is -2.77. The van der Waals surface area contributed by atoms with Crippen LogP contribution >= 0.6 is 0 Å². The Bertz CT molecular complexity index is 417. The minimum Gasteiger partial charge on any atom is -0.435 e. The highest BCUT2D eigenvalue weighted by molar-refractivity contribution is 5.29. The van der Waals surface area contributed by atoms with Gasteiger partial charge in [-0.1, -0.05) is 12.1 Å².